The Morgan fingerprint density at radius 1 is 1.36 bits per heavy atom. The van der Waals surface area contributed by atoms with Crippen molar-refractivity contribution < 1.29 is 9.90 Å². The highest BCUT2D eigenvalue weighted by atomic mass is 32.1. The summed E-state index contributed by atoms with van der Waals surface area (Å²) in [6, 6.07) is 9.47. The van der Waals surface area contributed by atoms with Gasteiger partial charge in [-0.1, -0.05) is 12.1 Å². The van der Waals surface area contributed by atoms with E-state index in [-0.39, 0.29) is 5.91 Å². The van der Waals surface area contributed by atoms with Crippen molar-refractivity contribution in [2.45, 2.75) is 26.0 Å². The molecule has 0 radical (unpaired) electrons. The van der Waals surface area contributed by atoms with E-state index in [1.54, 1.807) is 18.3 Å². The number of nitrogens with one attached hydrogen (secondary N) is 1. The molecular weight excluding hydrogens is 296 g/mol. The molecule has 1 aromatic carbocycles. The van der Waals surface area contributed by atoms with Crippen molar-refractivity contribution in [2.24, 2.45) is 0 Å². The number of aliphatic hydroxyl groups is 1. The van der Waals surface area contributed by atoms with E-state index in [0.717, 1.165) is 30.8 Å². The molecule has 0 fully saturated rings. The van der Waals surface area contributed by atoms with Crippen LogP contribution in [0.5, 0.6) is 0 Å². The molecule has 1 aromatic heterocycles. The van der Waals surface area contributed by atoms with Crippen LogP contribution in [0, 0.1) is 0 Å². The van der Waals surface area contributed by atoms with E-state index in [0.29, 0.717) is 6.54 Å². The molecule has 22 heavy (non-hydrogen) atoms. The molecule has 2 heterocycles. The maximum absolute atomic E-state index is 12.2. The van der Waals surface area contributed by atoms with Gasteiger partial charge in [-0.2, -0.15) is 0 Å². The van der Waals surface area contributed by atoms with Gasteiger partial charge in [-0.05, 0) is 48.1 Å². The van der Waals surface area contributed by atoms with Gasteiger partial charge >= 0.3 is 0 Å². The first-order valence-corrected chi connectivity index (χ1v) is 8.35. The van der Waals surface area contributed by atoms with Gasteiger partial charge in [0.1, 0.15) is 0 Å². The average Bonchev–Trinajstić information content (AvgIpc) is 2.95. The number of amides is 1. The Bertz CT molecular complexity index is 649. The summed E-state index contributed by atoms with van der Waals surface area (Å²) in [5.41, 5.74) is 2.96. The summed E-state index contributed by atoms with van der Waals surface area (Å²) in [7, 11) is 0. The molecule has 1 amide bonds. The zero-order valence-electron chi connectivity index (χ0n) is 12.6. The van der Waals surface area contributed by atoms with Crippen molar-refractivity contribution in [2.75, 3.05) is 18.4 Å². The summed E-state index contributed by atoms with van der Waals surface area (Å²) < 4.78 is 0. The summed E-state index contributed by atoms with van der Waals surface area (Å²) in [6.45, 7) is 3.92. The summed E-state index contributed by atoms with van der Waals surface area (Å²) in [6.07, 6.45) is 0.543. The Morgan fingerprint density at radius 2 is 2.14 bits per heavy atom. The van der Waals surface area contributed by atoms with Crippen LogP contribution in [0.15, 0.2) is 35.7 Å². The Labute approximate surface area is 134 Å². The molecule has 0 saturated carbocycles. The van der Waals surface area contributed by atoms with Gasteiger partial charge < -0.3 is 10.4 Å². The van der Waals surface area contributed by atoms with Crippen molar-refractivity contribution in [3.63, 3.8) is 0 Å². The second kappa shape index (κ2) is 6.60. The topological polar surface area (TPSA) is 52.6 Å². The van der Waals surface area contributed by atoms with E-state index in [2.05, 4.69) is 21.7 Å². The zero-order chi connectivity index (χ0) is 15.5. The minimum absolute atomic E-state index is 0.00322. The van der Waals surface area contributed by atoms with Crippen LogP contribution in [-0.2, 0) is 17.8 Å². The second-order valence-corrected chi connectivity index (χ2v) is 6.68. The normalized spacial score (nSPS) is 16.1. The molecule has 2 N–H and O–H groups in total. The van der Waals surface area contributed by atoms with Gasteiger partial charge in [0.15, 0.2) is 0 Å². The largest absolute Gasteiger partial charge is 0.389 e. The lowest BCUT2D eigenvalue weighted by Gasteiger charge is -2.26. The fourth-order valence-corrected chi connectivity index (χ4v) is 3.58. The van der Waals surface area contributed by atoms with Gasteiger partial charge in [0.25, 0.3) is 0 Å². The lowest BCUT2D eigenvalue weighted by Crippen LogP contribution is -2.36. The molecule has 3 rings (SSSR count). The molecule has 116 valence electrons. The van der Waals surface area contributed by atoms with E-state index in [4.69, 9.17) is 0 Å². The quantitative estimate of drug-likeness (QED) is 0.912. The van der Waals surface area contributed by atoms with Crippen LogP contribution >= 0.6 is 11.3 Å². The molecule has 1 aliphatic heterocycles. The zero-order valence-corrected chi connectivity index (χ0v) is 13.4. The molecule has 0 spiro atoms. The number of thiophene rings is 1. The average molecular weight is 316 g/mol. The maximum Gasteiger partial charge on any atom is 0.238 e. The van der Waals surface area contributed by atoms with Gasteiger partial charge in [-0.15, -0.1) is 11.3 Å². The number of benzene rings is 1. The fourth-order valence-electron chi connectivity index (χ4n) is 2.69. The molecule has 0 aliphatic carbocycles. The van der Waals surface area contributed by atoms with Crippen LogP contribution in [0.2, 0.25) is 0 Å². The van der Waals surface area contributed by atoms with Crippen LogP contribution in [0.25, 0.3) is 0 Å². The van der Waals surface area contributed by atoms with E-state index < -0.39 is 6.10 Å². The van der Waals surface area contributed by atoms with Crippen molar-refractivity contribution in [1.82, 2.24) is 4.90 Å². The van der Waals surface area contributed by atoms with Crippen molar-refractivity contribution in [1.29, 1.82) is 0 Å². The number of hydrogen-bond acceptors (Lipinski definition) is 4. The molecule has 1 atom stereocenters. The van der Waals surface area contributed by atoms with Gasteiger partial charge in [-0.25, -0.2) is 0 Å². The van der Waals surface area contributed by atoms with Crippen LogP contribution in [-0.4, -0.2) is 29.0 Å². The number of anilines is 1. The molecule has 4 nitrogen and oxygen atoms in total. The number of carbonyl (C=O) groups excluding carboxylic acids is 1. The summed E-state index contributed by atoms with van der Waals surface area (Å²) in [4.78, 5) is 15.8. The van der Waals surface area contributed by atoms with E-state index >= 15 is 0 Å². The Balaban J connectivity index is 1.54. The predicted octanol–water partition coefficient (Wildman–Crippen LogP) is 2.80. The standard InChI is InChI=1S/C17H20N2O2S/c1-12(20)13-2-4-15(5-3-13)18-17(21)11-19-8-6-16-14(10-19)7-9-22-16/h2-5,7,9,12,20H,6,8,10-11H2,1H3,(H,18,21). The van der Waals surface area contributed by atoms with E-state index in [1.807, 2.05) is 24.3 Å². The Hall–Kier alpha value is -1.69. The summed E-state index contributed by atoms with van der Waals surface area (Å²) in [5.74, 6) is 0.00322. The first-order valence-electron chi connectivity index (χ1n) is 7.47. The van der Waals surface area contributed by atoms with E-state index in [1.165, 1.54) is 10.4 Å². The molecule has 5 heteroatoms. The fraction of sp³-hybridized carbons (Fsp3) is 0.353. The van der Waals surface area contributed by atoms with Crippen molar-refractivity contribution >= 4 is 22.9 Å². The SMILES string of the molecule is CC(O)c1ccc(NC(=O)CN2CCc3sccc3C2)cc1. The van der Waals surface area contributed by atoms with Crippen LogP contribution in [0.3, 0.4) is 0 Å². The molecule has 1 aliphatic rings. The first kappa shape index (κ1) is 15.2. The maximum atomic E-state index is 12.2. The minimum atomic E-state index is -0.488. The lowest BCUT2D eigenvalue weighted by molar-refractivity contribution is -0.117. The van der Waals surface area contributed by atoms with Crippen molar-refractivity contribution in [3.05, 3.63) is 51.7 Å². The highest BCUT2D eigenvalue weighted by molar-refractivity contribution is 7.10. The molecule has 2 aromatic rings. The lowest BCUT2D eigenvalue weighted by atomic mass is 10.1. The number of rotatable bonds is 4. The number of aliphatic hydroxyl groups excluding tert-OH is 1. The van der Waals surface area contributed by atoms with E-state index in [9.17, 15) is 9.90 Å². The highest BCUT2D eigenvalue weighted by Crippen LogP contribution is 2.23. The highest BCUT2D eigenvalue weighted by Gasteiger charge is 2.19. The second-order valence-electron chi connectivity index (χ2n) is 5.68. The third kappa shape index (κ3) is 3.55. The van der Waals surface area contributed by atoms with Crippen LogP contribution in [0.1, 0.15) is 29.0 Å². The Kier molecular flexibility index (Phi) is 4.57. The smallest absolute Gasteiger partial charge is 0.238 e. The number of hydrogen-bond donors (Lipinski definition) is 2. The molecule has 0 bridgehead atoms. The monoisotopic (exact) mass is 316 g/mol. The summed E-state index contributed by atoms with van der Waals surface area (Å²) >= 11 is 1.80. The van der Waals surface area contributed by atoms with Gasteiger partial charge in [0, 0.05) is 23.7 Å². The minimum Gasteiger partial charge on any atom is -0.389 e. The number of fused-ring (bicyclic) bond motifs is 1. The van der Waals surface area contributed by atoms with Gasteiger partial charge in [-0.3, -0.25) is 9.69 Å². The van der Waals surface area contributed by atoms with Gasteiger partial charge in [0.2, 0.25) is 5.91 Å². The number of nitrogens with zero attached hydrogens (tertiary/aromatic N) is 1. The third-order valence-electron chi connectivity index (χ3n) is 3.93. The molecule has 1 unspecified atom stereocenters. The van der Waals surface area contributed by atoms with Crippen LogP contribution < -0.4 is 5.32 Å². The van der Waals surface area contributed by atoms with Gasteiger partial charge in [0.05, 0.1) is 12.6 Å². The molecule has 0 saturated heterocycles. The molecular formula is C17H20N2O2S. The third-order valence-corrected chi connectivity index (χ3v) is 4.95. The van der Waals surface area contributed by atoms with Crippen LogP contribution in [0.4, 0.5) is 5.69 Å². The van der Waals surface area contributed by atoms with Crippen molar-refractivity contribution in [3.8, 4) is 0 Å². The summed E-state index contributed by atoms with van der Waals surface area (Å²) in [5, 5.41) is 14.5. The predicted molar refractivity (Wildman–Crippen MR) is 89.0 cm³/mol. The number of carbonyl (C=O) groups is 1. The first-order chi connectivity index (χ1) is 10.6. The Morgan fingerprint density at radius 3 is 2.86 bits per heavy atom.